The third kappa shape index (κ3) is 4.18. The number of carbonyl (C=O) groups excluding carboxylic acids is 2. The molecule has 162 valence electrons. The Hall–Kier alpha value is -3.19. The third-order valence-corrected chi connectivity index (χ3v) is 5.57. The van der Waals surface area contributed by atoms with Gasteiger partial charge in [0.1, 0.15) is 17.3 Å². The van der Waals surface area contributed by atoms with Crippen LogP contribution in [-0.2, 0) is 14.3 Å². The zero-order valence-corrected chi connectivity index (χ0v) is 17.2. The molecule has 6 nitrogen and oxygen atoms in total. The summed E-state index contributed by atoms with van der Waals surface area (Å²) in [6, 6.07) is 11.5. The van der Waals surface area contributed by atoms with Crippen molar-refractivity contribution in [3.05, 3.63) is 71.0 Å². The van der Waals surface area contributed by atoms with Crippen LogP contribution in [0.3, 0.4) is 0 Å². The number of Topliss-reactive ketones (excluding diaryl/α,β-unsaturated/α-hetero) is 1. The number of likely N-dealkylation sites (tertiary alicyclic amines) is 1. The lowest BCUT2D eigenvalue weighted by Gasteiger charge is -2.27. The molecule has 2 unspecified atom stereocenters. The van der Waals surface area contributed by atoms with Crippen LogP contribution in [0.1, 0.15) is 36.9 Å². The fourth-order valence-corrected chi connectivity index (χ4v) is 4.12. The molecule has 4 rings (SSSR count). The van der Waals surface area contributed by atoms with E-state index in [-0.39, 0.29) is 24.0 Å². The van der Waals surface area contributed by atoms with E-state index in [0.717, 1.165) is 12.8 Å². The molecule has 2 heterocycles. The van der Waals surface area contributed by atoms with Crippen molar-refractivity contribution in [3.8, 4) is 5.75 Å². The lowest BCUT2D eigenvalue weighted by atomic mass is 9.95. The summed E-state index contributed by atoms with van der Waals surface area (Å²) in [5, 5.41) is 11.1. The number of aliphatic hydroxyl groups excluding tert-OH is 1. The van der Waals surface area contributed by atoms with Crippen LogP contribution < -0.4 is 4.74 Å². The van der Waals surface area contributed by atoms with Gasteiger partial charge in [-0.05, 0) is 49.6 Å². The molecule has 31 heavy (non-hydrogen) atoms. The highest BCUT2D eigenvalue weighted by molar-refractivity contribution is 6.46. The first-order valence-corrected chi connectivity index (χ1v) is 10.4. The normalized spacial score (nSPS) is 22.8. The lowest BCUT2D eigenvalue weighted by Crippen LogP contribution is -2.36. The molecular weight excluding hydrogens is 401 g/mol. The van der Waals surface area contributed by atoms with Crippen LogP contribution in [0.2, 0.25) is 0 Å². The molecule has 1 amide bonds. The van der Waals surface area contributed by atoms with Crippen molar-refractivity contribution < 1.29 is 28.6 Å². The van der Waals surface area contributed by atoms with Gasteiger partial charge >= 0.3 is 0 Å². The van der Waals surface area contributed by atoms with E-state index < -0.39 is 23.5 Å². The molecule has 7 heteroatoms. The summed E-state index contributed by atoms with van der Waals surface area (Å²) >= 11 is 0. The maximum absolute atomic E-state index is 13.5. The van der Waals surface area contributed by atoms with Crippen molar-refractivity contribution in [1.29, 1.82) is 0 Å². The molecule has 2 aliphatic heterocycles. The number of rotatable bonds is 6. The van der Waals surface area contributed by atoms with E-state index in [4.69, 9.17) is 9.47 Å². The minimum atomic E-state index is -0.833. The predicted molar refractivity (Wildman–Crippen MR) is 112 cm³/mol. The molecular formula is C24H24FNO5. The van der Waals surface area contributed by atoms with E-state index in [9.17, 15) is 19.1 Å². The van der Waals surface area contributed by atoms with Crippen molar-refractivity contribution in [1.82, 2.24) is 4.90 Å². The standard InChI is InChI=1S/C24H24FNO5/c1-2-30-18-6-3-5-16(13-18)22(27)20-21(15-8-10-17(25)11-9-15)26(24(29)23(20)28)14-19-7-4-12-31-19/h3,5-6,8-11,13,19,21,27H,2,4,7,12,14H2,1H3/b22-20-. The summed E-state index contributed by atoms with van der Waals surface area (Å²) in [6.07, 6.45) is 1.50. The summed E-state index contributed by atoms with van der Waals surface area (Å²) < 4.78 is 24.7. The quantitative estimate of drug-likeness (QED) is 0.433. The number of amides is 1. The van der Waals surface area contributed by atoms with E-state index in [0.29, 0.717) is 30.1 Å². The first-order valence-electron chi connectivity index (χ1n) is 10.4. The Morgan fingerprint density at radius 1 is 1.23 bits per heavy atom. The van der Waals surface area contributed by atoms with Gasteiger partial charge in [-0.3, -0.25) is 9.59 Å². The molecule has 2 aromatic rings. The fraction of sp³-hybridized carbons (Fsp3) is 0.333. The molecule has 0 aliphatic carbocycles. The van der Waals surface area contributed by atoms with E-state index in [1.165, 1.54) is 29.2 Å². The SMILES string of the molecule is CCOc1cccc(/C(O)=C2/C(=O)C(=O)N(CC3CCCO3)C2c2ccc(F)cc2)c1. The number of aliphatic hydroxyl groups is 1. The Balaban J connectivity index is 1.80. The Bertz CT molecular complexity index is 1010. The molecule has 2 saturated heterocycles. The van der Waals surface area contributed by atoms with Gasteiger partial charge in [0.05, 0.1) is 24.3 Å². The Morgan fingerprint density at radius 3 is 2.68 bits per heavy atom. The molecule has 1 N–H and O–H groups in total. The highest BCUT2D eigenvalue weighted by Crippen LogP contribution is 2.40. The highest BCUT2D eigenvalue weighted by Gasteiger charge is 2.47. The van der Waals surface area contributed by atoms with E-state index in [1.54, 1.807) is 24.3 Å². The monoisotopic (exact) mass is 425 g/mol. The second-order valence-electron chi connectivity index (χ2n) is 7.60. The minimum absolute atomic E-state index is 0.0248. The Morgan fingerprint density at radius 2 is 2.00 bits per heavy atom. The summed E-state index contributed by atoms with van der Waals surface area (Å²) in [5.74, 6) is -1.65. The molecule has 0 radical (unpaired) electrons. The predicted octanol–water partition coefficient (Wildman–Crippen LogP) is 3.83. The molecule has 0 bridgehead atoms. The van der Waals surface area contributed by atoms with Crippen molar-refractivity contribution >= 4 is 17.4 Å². The first-order chi connectivity index (χ1) is 15.0. The Kier molecular flexibility index (Phi) is 6.04. The second kappa shape index (κ2) is 8.89. The smallest absolute Gasteiger partial charge is 0.295 e. The zero-order chi connectivity index (χ0) is 22.0. The zero-order valence-electron chi connectivity index (χ0n) is 17.2. The van der Waals surface area contributed by atoms with Crippen molar-refractivity contribution in [2.75, 3.05) is 19.8 Å². The van der Waals surface area contributed by atoms with Crippen LogP contribution in [-0.4, -0.2) is 47.6 Å². The van der Waals surface area contributed by atoms with E-state index >= 15 is 0 Å². The van der Waals surface area contributed by atoms with Gasteiger partial charge in [0.2, 0.25) is 0 Å². The van der Waals surface area contributed by atoms with Gasteiger partial charge in [0.25, 0.3) is 11.7 Å². The first kappa shape index (κ1) is 21.1. The summed E-state index contributed by atoms with van der Waals surface area (Å²) in [7, 11) is 0. The van der Waals surface area contributed by atoms with Crippen LogP contribution >= 0.6 is 0 Å². The number of benzene rings is 2. The third-order valence-electron chi connectivity index (χ3n) is 5.57. The van der Waals surface area contributed by atoms with Crippen LogP contribution in [0, 0.1) is 5.82 Å². The number of carbonyl (C=O) groups is 2. The Labute approximate surface area is 179 Å². The van der Waals surface area contributed by atoms with Gasteiger partial charge in [-0.15, -0.1) is 0 Å². The fourth-order valence-electron chi connectivity index (χ4n) is 4.12. The van der Waals surface area contributed by atoms with Gasteiger partial charge < -0.3 is 19.5 Å². The van der Waals surface area contributed by atoms with Crippen LogP contribution in [0.15, 0.2) is 54.1 Å². The number of ketones is 1. The average Bonchev–Trinajstić information content (AvgIpc) is 3.37. The van der Waals surface area contributed by atoms with Gasteiger partial charge in [0.15, 0.2) is 0 Å². The molecule has 0 spiro atoms. The molecule has 2 fully saturated rings. The van der Waals surface area contributed by atoms with Gasteiger partial charge in [-0.2, -0.15) is 0 Å². The van der Waals surface area contributed by atoms with Crippen LogP contribution in [0.5, 0.6) is 5.75 Å². The molecule has 0 saturated carbocycles. The molecule has 2 aromatic carbocycles. The number of ether oxygens (including phenoxy) is 2. The maximum atomic E-state index is 13.5. The van der Waals surface area contributed by atoms with E-state index in [2.05, 4.69) is 0 Å². The van der Waals surface area contributed by atoms with Gasteiger partial charge in [-0.25, -0.2) is 4.39 Å². The molecule has 2 atom stereocenters. The van der Waals surface area contributed by atoms with E-state index in [1.807, 2.05) is 6.92 Å². The maximum Gasteiger partial charge on any atom is 0.295 e. The minimum Gasteiger partial charge on any atom is -0.507 e. The van der Waals surface area contributed by atoms with Crippen molar-refractivity contribution in [3.63, 3.8) is 0 Å². The van der Waals surface area contributed by atoms with Gasteiger partial charge in [-0.1, -0.05) is 24.3 Å². The number of nitrogens with zero attached hydrogens (tertiary/aromatic N) is 1. The van der Waals surface area contributed by atoms with Gasteiger partial charge in [0, 0.05) is 18.7 Å². The largest absolute Gasteiger partial charge is 0.507 e. The van der Waals surface area contributed by atoms with Crippen LogP contribution in [0.4, 0.5) is 4.39 Å². The van der Waals surface area contributed by atoms with Crippen LogP contribution in [0.25, 0.3) is 5.76 Å². The number of halogens is 1. The van der Waals surface area contributed by atoms with Crippen molar-refractivity contribution in [2.24, 2.45) is 0 Å². The molecule has 2 aliphatic rings. The highest BCUT2D eigenvalue weighted by atomic mass is 19.1. The lowest BCUT2D eigenvalue weighted by molar-refractivity contribution is -0.140. The number of hydrogen-bond donors (Lipinski definition) is 1. The average molecular weight is 425 g/mol. The summed E-state index contributed by atoms with van der Waals surface area (Å²) in [4.78, 5) is 27.4. The topological polar surface area (TPSA) is 76.1 Å². The van der Waals surface area contributed by atoms with Crippen molar-refractivity contribution in [2.45, 2.75) is 31.9 Å². The summed E-state index contributed by atoms with van der Waals surface area (Å²) in [5.41, 5.74) is 0.887. The second-order valence-corrected chi connectivity index (χ2v) is 7.60. The summed E-state index contributed by atoms with van der Waals surface area (Å²) in [6.45, 7) is 3.13. The molecule has 0 aromatic heterocycles. The number of hydrogen-bond acceptors (Lipinski definition) is 5.